The van der Waals surface area contributed by atoms with Crippen molar-refractivity contribution < 1.29 is 5.11 Å². The molecule has 0 spiro atoms. The topological polar surface area (TPSA) is 58.0 Å². The van der Waals surface area contributed by atoms with Crippen LogP contribution in [0, 0.1) is 0 Å². The summed E-state index contributed by atoms with van der Waals surface area (Å²) in [6.07, 6.45) is 4.07. The second kappa shape index (κ2) is 6.01. The van der Waals surface area contributed by atoms with Crippen molar-refractivity contribution in [3.8, 4) is 0 Å². The number of benzene rings is 1. The van der Waals surface area contributed by atoms with Crippen LogP contribution in [0.1, 0.15) is 30.0 Å². The highest BCUT2D eigenvalue weighted by Gasteiger charge is 2.29. The molecular formula is C16H19N3O. The lowest BCUT2D eigenvalue weighted by molar-refractivity contribution is 0.0732. The van der Waals surface area contributed by atoms with E-state index >= 15 is 0 Å². The fourth-order valence-electron chi connectivity index (χ4n) is 2.50. The van der Waals surface area contributed by atoms with Gasteiger partial charge in [0.2, 0.25) is 0 Å². The summed E-state index contributed by atoms with van der Waals surface area (Å²) >= 11 is 0. The Kier molecular flexibility index (Phi) is 3.92. The number of aromatic nitrogens is 2. The van der Waals surface area contributed by atoms with E-state index < -0.39 is 0 Å². The van der Waals surface area contributed by atoms with Gasteiger partial charge in [-0.1, -0.05) is 30.3 Å². The number of aliphatic hydroxyl groups excluding tert-OH is 1. The highest BCUT2D eigenvalue weighted by atomic mass is 16.3. The quantitative estimate of drug-likeness (QED) is 0.875. The van der Waals surface area contributed by atoms with E-state index in [1.165, 1.54) is 5.56 Å². The Labute approximate surface area is 118 Å². The number of nitrogens with zero attached hydrogens (tertiary/aromatic N) is 2. The van der Waals surface area contributed by atoms with Gasteiger partial charge >= 0.3 is 0 Å². The van der Waals surface area contributed by atoms with Crippen LogP contribution in [-0.4, -0.2) is 27.7 Å². The van der Waals surface area contributed by atoms with Crippen LogP contribution in [0.2, 0.25) is 0 Å². The van der Waals surface area contributed by atoms with E-state index in [0.29, 0.717) is 5.92 Å². The van der Waals surface area contributed by atoms with E-state index in [4.69, 9.17) is 0 Å². The Hall–Kier alpha value is -1.94. The van der Waals surface area contributed by atoms with Crippen molar-refractivity contribution in [1.29, 1.82) is 0 Å². The van der Waals surface area contributed by atoms with Gasteiger partial charge in [0.05, 0.1) is 6.10 Å². The lowest BCUT2D eigenvalue weighted by Crippen LogP contribution is -2.27. The third-order valence-corrected chi connectivity index (χ3v) is 3.78. The molecule has 2 N–H and O–H groups in total. The van der Waals surface area contributed by atoms with Crippen LogP contribution in [0.3, 0.4) is 0 Å². The van der Waals surface area contributed by atoms with Gasteiger partial charge in [0.25, 0.3) is 0 Å². The highest BCUT2D eigenvalue weighted by Crippen LogP contribution is 2.35. The van der Waals surface area contributed by atoms with Crippen molar-refractivity contribution in [2.45, 2.75) is 31.3 Å². The molecule has 104 valence electrons. The minimum atomic E-state index is -0.149. The molecule has 0 amide bonds. The first-order valence-electron chi connectivity index (χ1n) is 7.09. The van der Waals surface area contributed by atoms with Crippen LogP contribution in [-0.2, 0) is 6.42 Å². The van der Waals surface area contributed by atoms with Gasteiger partial charge in [0, 0.05) is 24.2 Å². The van der Waals surface area contributed by atoms with Gasteiger partial charge in [-0.15, -0.1) is 0 Å². The lowest BCUT2D eigenvalue weighted by Gasteiger charge is -2.30. The van der Waals surface area contributed by atoms with E-state index in [2.05, 4.69) is 39.6 Å². The fourth-order valence-corrected chi connectivity index (χ4v) is 2.50. The molecule has 1 heterocycles. The van der Waals surface area contributed by atoms with Crippen LogP contribution in [0.25, 0.3) is 0 Å². The summed E-state index contributed by atoms with van der Waals surface area (Å²) in [5.41, 5.74) is 2.35. The molecular weight excluding hydrogens is 250 g/mol. The third-order valence-electron chi connectivity index (χ3n) is 3.78. The maximum atomic E-state index is 9.36. The Bertz CT molecular complexity index is 553. The van der Waals surface area contributed by atoms with Crippen LogP contribution < -0.4 is 5.32 Å². The van der Waals surface area contributed by atoms with Gasteiger partial charge in [0.15, 0.2) is 0 Å². The van der Waals surface area contributed by atoms with Crippen molar-refractivity contribution in [3.05, 3.63) is 54.0 Å². The zero-order valence-corrected chi connectivity index (χ0v) is 11.4. The number of rotatable bonds is 5. The molecule has 0 bridgehead atoms. The minimum absolute atomic E-state index is 0.149. The predicted molar refractivity (Wildman–Crippen MR) is 78.6 cm³/mol. The molecule has 3 rings (SSSR count). The van der Waals surface area contributed by atoms with Crippen LogP contribution >= 0.6 is 0 Å². The highest BCUT2D eigenvalue weighted by molar-refractivity contribution is 5.36. The fraction of sp³-hybridized carbons (Fsp3) is 0.375. The minimum Gasteiger partial charge on any atom is -0.393 e. The predicted octanol–water partition coefficient (Wildman–Crippen LogP) is 2.37. The standard InChI is InChI=1S/C16H19N3O/c20-14-8-13(9-14)15-10-16(19-11-18-15)17-7-6-12-4-2-1-3-5-12/h1-5,10-11,13-14,20H,6-9H2,(H,17,18,19). The summed E-state index contributed by atoms with van der Waals surface area (Å²) in [7, 11) is 0. The molecule has 1 aromatic carbocycles. The smallest absolute Gasteiger partial charge is 0.129 e. The van der Waals surface area contributed by atoms with Gasteiger partial charge < -0.3 is 10.4 Å². The summed E-state index contributed by atoms with van der Waals surface area (Å²) in [5, 5.41) is 12.7. The molecule has 1 aromatic heterocycles. The first-order chi connectivity index (χ1) is 9.81. The Morgan fingerprint density at radius 2 is 1.95 bits per heavy atom. The Morgan fingerprint density at radius 3 is 2.70 bits per heavy atom. The second-order valence-electron chi connectivity index (χ2n) is 5.31. The molecule has 4 nitrogen and oxygen atoms in total. The van der Waals surface area contributed by atoms with Gasteiger partial charge in [-0.25, -0.2) is 9.97 Å². The van der Waals surface area contributed by atoms with Crippen molar-refractivity contribution in [2.24, 2.45) is 0 Å². The molecule has 0 saturated heterocycles. The van der Waals surface area contributed by atoms with Crippen molar-refractivity contribution in [2.75, 3.05) is 11.9 Å². The monoisotopic (exact) mass is 269 g/mol. The van der Waals surface area contributed by atoms with E-state index in [0.717, 1.165) is 37.3 Å². The van der Waals surface area contributed by atoms with Gasteiger partial charge in [-0.2, -0.15) is 0 Å². The van der Waals surface area contributed by atoms with Gasteiger partial charge in [-0.05, 0) is 24.8 Å². The summed E-state index contributed by atoms with van der Waals surface area (Å²) in [4.78, 5) is 8.55. The zero-order chi connectivity index (χ0) is 13.8. The Morgan fingerprint density at radius 1 is 1.15 bits per heavy atom. The van der Waals surface area contributed by atoms with Crippen molar-refractivity contribution >= 4 is 5.82 Å². The number of aliphatic hydroxyl groups is 1. The zero-order valence-electron chi connectivity index (χ0n) is 11.4. The average molecular weight is 269 g/mol. The van der Waals surface area contributed by atoms with Crippen LogP contribution in [0.15, 0.2) is 42.7 Å². The SMILES string of the molecule is OC1CC(c2cc(NCCc3ccccc3)ncn2)C1. The molecule has 1 aliphatic carbocycles. The molecule has 1 saturated carbocycles. The van der Waals surface area contributed by atoms with E-state index in [9.17, 15) is 5.11 Å². The van der Waals surface area contributed by atoms with Crippen LogP contribution in [0.5, 0.6) is 0 Å². The van der Waals surface area contributed by atoms with E-state index in [1.807, 2.05) is 12.1 Å². The van der Waals surface area contributed by atoms with Gasteiger partial charge in [0.1, 0.15) is 12.1 Å². The summed E-state index contributed by atoms with van der Waals surface area (Å²) in [6.45, 7) is 0.855. The lowest BCUT2D eigenvalue weighted by atomic mass is 9.80. The number of hydrogen-bond acceptors (Lipinski definition) is 4. The summed E-state index contributed by atoms with van der Waals surface area (Å²) < 4.78 is 0. The molecule has 0 atom stereocenters. The van der Waals surface area contributed by atoms with E-state index in [1.54, 1.807) is 6.33 Å². The largest absolute Gasteiger partial charge is 0.393 e. The molecule has 20 heavy (non-hydrogen) atoms. The maximum Gasteiger partial charge on any atom is 0.129 e. The number of anilines is 1. The third kappa shape index (κ3) is 3.14. The molecule has 0 aliphatic heterocycles. The van der Waals surface area contributed by atoms with Crippen molar-refractivity contribution in [1.82, 2.24) is 9.97 Å². The summed E-state index contributed by atoms with van der Waals surface area (Å²) in [6, 6.07) is 12.4. The van der Waals surface area contributed by atoms with Gasteiger partial charge in [-0.3, -0.25) is 0 Å². The van der Waals surface area contributed by atoms with Crippen molar-refractivity contribution in [3.63, 3.8) is 0 Å². The molecule has 4 heteroatoms. The molecule has 0 unspecified atom stereocenters. The molecule has 1 fully saturated rings. The first kappa shape index (κ1) is 13.1. The number of nitrogens with one attached hydrogen (secondary N) is 1. The average Bonchev–Trinajstić information content (AvgIpc) is 2.45. The molecule has 2 aromatic rings. The molecule has 0 radical (unpaired) electrons. The first-order valence-corrected chi connectivity index (χ1v) is 7.09. The van der Waals surface area contributed by atoms with Crippen LogP contribution in [0.4, 0.5) is 5.82 Å². The second-order valence-corrected chi connectivity index (χ2v) is 5.31. The Balaban J connectivity index is 1.54. The maximum absolute atomic E-state index is 9.36. The van der Waals surface area contributed by atoms with E-state index in [-0.39, 0.29) is 6.10 Å². The number of hydrogen-bond donors (Lipinski definition) is 2. The normalized spacial score (nSPS) is 21.2. The molecule has 1 aliphatic rings. The summed E-state index contributed by atoms with van der Waals surface area (Å²) in [5.74, 6) is 1.26.